The van der Waals surface area contributed by atoms with Crippen molar-refractivity contribution in [3.05, 3.63) is 62.6 Å². The number of halogens is 2. The molecule has 0 aliphatic carbocycles. The number of carbonyl (C=O) groups excluding carboxylic acids is 1. The summed E-state index contributed by atoms with van der Waals surface area (Å²) in [6, 6.07) is 11.1. The number of aliphatic imine (C=N–C) groups is 1. The van der Waals surface area contributed by atoms with Gasteiger partial charge in [0.1, 0.15) is 11.7 Å². The van der Waals surface area contributed by atoms with Crippen LogP contribution in [-0.2, 0) is 11.4 Å². The first kappa shape index (κ1) is 24.5. The molecule has 34 heavy (non-hydrogen) atoms. The summed E-state index contributed by atoms with van der Waals surface area (Å²) in [4.78, 5) is 16.8. The first-order chi connectivity index (χ1) is 16.4. The number of hydrazone groups is 1. The van der Waals surface area contributed by atoms with E-state index < -0.39 is 5.91 Å². The third-order valence-corrected chi connectivity index (χ3v) is 6.86. The molecule has 0 unspecified atom stereocenters. The Hall–Kier alpha value is -2.62. The molecule has 2 heterocycles. The summed E-state index contributed by atoms with van der Waals surface area (Å²) in [5.74, 6) is 0.570. The molecule has 0 bridgehead atoms. The maximum atomic E-state index is 12.7. The molecule has 0 aromatic heterocycles. The summed E-state index contributed by atoms with van der Waals surface area (Å²) in [5.41, 5.74) is 1.67. The summed E-state index contributed by atoms with van der Waals surface area (Å²) in [7, 11) is 0. The minimum absolute atomic E-state index is 0.00160. The third kappa shape index (κ3) is 5.21. The summed E-state index contributed by atoms with van der Waals surface area (Å²) in [6.45, 7) is 4.63. The molecule has 4 rings (SSSR count). The van der Waals surface area contributed by atoms with Crippen LogP contribution in [0, 0.1) is 5.41 Å². The van der Waals surface area contributed by atoms with Gasteiger partial charge in [0.25, 0.3) is 5.91 Å². The van der Waals surface area contributed by atoms with E-state index in [4.69, 9.17) is 26.5 Å². The normalized spacial score (nSPS) is 16.5. The van der Waals surface area contributed by atoms with Crippen molar-refractivity contribution in [3.8, 4) is 11.5 Å². The van der Waals surface area contributed by atoms with Crippen LogP contribution in [0.1, 0.15) is 37.8 Å². The predicted molar refractivity (Wildman–Crippen MR) is 141 cm³/mol. The highest BCUT2D eigenvalue weighted by Gasteiger charge is 2.35. The second-order valence-electron chi connectivity index (χ2n) is 7.41. The lowest BCUT2D eigenvalue weighted by Gasteiger charge is -2.20. The van der Waals surface area contributed by atoms with Gasteiger partial charge >= 0.3 is 0 Å². The van der Waals surface area contributed by atoms with Crippen LogP contribution in [0.2, 0.25) is 5.02 Å². The van der Waals surface area contributed by atoms with Crippen molar-refractivity contribution in [2.45, 2.75) is 33.3 Å². The standard InChI is InChI=1S/C24H22BrClN4O3S/c1-3-7-20-29-30-22(27)16(23(31)28-24(30)34-20)10-14-11-17(25)21(19(12-14)32-4-2)33-13-15-8-5-6-9-18(15)26/h5-6,8-12,27H,3-4,7,13H2,1-2H3. The van der Waals surface area contributed by atoms with Crippen molar-refractivity contribution in [2.24, 2.45) is 10.1 Å². The average molecular weight is 562 g/mol. The van der Waals surface area contributed by atoms with E-state index in [0.717, 1.165) is 23.4 Å². The van der Waals surface area contributed by atoms with Crippen LogP contribution in [0.5, 0.6) is 11.5 Å². The van der Waals surface area contributed by atoms with E-state index in [1.54, 1.807) is 12.1 Å². The van der Waals surface area contributed by atoms with Gasteiger partial charge in [0, 0.05) is 10.6 Å². The molecular weight excluding hydrogens is 540 g/mol. The highest BCUT2D eigenvalue weighted by molar-refractivity contribution is 9.10. The molecule has 2 aliphatic rings. The van der Waals surface area contributed by atoms with Gasteiger partial charge in [-0.1, -0.05) is 36.7 Å². The average Bonchev–Trinajstić information content (AvgIpc) is 3.20. The van der Waals surface area contributed by atoms with Crippen molar-refractivity contribution in [1.82, 2.24) is 5.01 Å². The Labute approximate surface area is 215 Å². The monoisotopic (exact) mass is 560 g/mol. The summed E-state index contributed by atoms with van der Waals surface area (Å²) in [5, 5.41) is 16.3. The van der Waals surface area contributed by atoms with Crippen LogP contribution < -0.4 is 9.47 Å². The lowest BCUT2D eigenvalue weighted by molar-refractivity contribution is -0.114. The van der Waals surface area contributed by atoms with E-state index in [-0.39, 0.29) is 18.0 Å². The highest BCUT2D eigenvalue weighted by Crippen LogP contribution is 2.39. The molecule has 2 aromatic carbocycles. The number of hydrogen-bond acceptors (Lipinski definition) is 6. The van der Waals surface area contributed by atoms with Crippen LogP contribution in [0.3, 0.4) is 0 Å². The molecule has 0 spiro atoms. The molecule has 176 valence electrons. The van der Waals surface area contributed by atoms with Crippen LogP contribution >= 0.6 is 39.3 Å². The molecule has 10 heteroatoms. The summed E-state index contributed by atoms with van der Waals surface area (Å²) < 4.78 is 12.5. The molecule has 1 amide bonds. The minimum Gasteiger partial charge on any atom is -0.490 e. The summed E-state index contributed by atoms with van der Waals surface area (Å²) >= 11 is 11.1. The highest BCUT2D eigenvalue weighted by atomic mass is 79.9. The van der Waals surface area contributed by atoms with Crippen molar-refractivity contribution in [1.29, 1.82) is 5.41 Å². The van der Waals surface area contributed by atoms with Gasteiger partial charge in [0.15, 0.2) is 17.3 Å². The molecule has 0 saturated carbocycles. The van der Waals surface area contributed by atoms with Crippen LogP contribution in [0.15, 0.2) is 56.5 Å². The molecule has 2 aliphatic heterocycles. The first-order valence-corrected chi connectivity index (χ1v) is 12.7. The van der Waals surface area contributed by atoms with E-state index in [9.17, 15) is 4.79 Å². The van der Waals surface area contributed by atoms with Crippen molar-refractivity contribution in [3.63, 3.8) is 0 Å². The summed E-state index contributed by atoms with van der Waals surface area (Å²) in [6.07, 6.45) is 3.32. The lowest BCUT2D eigenvalue weighted by Crippen LogP contribution is -2.35. The Kier molecular flexibility index (Phi) is 7.75. The second-order valence-corrected chi connectivity index (χ2v) is 9.71. The fourth-order valence-electron chi connectivity index (χ4n) is 3.35. The number of benzene rings is 2. The molecule has 0 radical (unpaired) electrons. The van der Waals surface area contributed by atoms with E-state index in [1.807, 2.05) is 37.3 Å². The zero-order valence-electron chi connectivity index (χ0n) is 18.6. The van der Waals surface area contributed by atoms with E-state index in [2.05, 4.69) is 32.9 Å². The van der Waals surface area contributed by atoms with Crippen LogP contribution in [-0.4, -0.2) is 33.6 Å². The molecule has 1 N–H and O–H groups in total. The maximum Gasteiger partial charge on any atom is 0.283 e. The van der Waals surface area contributed by atoms with Gasteiger partial charge in [-0.15, -0.1) is 0 Å². The van der Waals surface area contributed by atoms with Gasteiger partial charge in [-0.2, -0.15) is 15.1 Å². The number of nitrogens with zero attached hydrogens (tertiary/aromatic N) is 3. The van der Waals surface area contributed by atoms with Crippen molar-refractivity contribution < 1.29 is 14.3 Å². The van der Waals surface area contributed by atoms with Gasteiger partial charge in [-0.3, -0.25) is 10.2 Å². The Balaban J connectivity index is 1.63. The number of nitrogens with one attached hydrogen (secondary N) is 1. The molecule has 2 aromatic rings. The SMILES string of the molecule is CCCC1=NN2C(=N)C(=Cc3cc(Br)c(OCc4ccccc4Cl)c(OCC)c3)C(=O)N=C2S1. The fourth-order valence-corrected chi connectivity index (χ4v) is 5.10. The maximum absolute atomic E-state index is 12.7. The number of thioether (sulfide) groups is 1. The van der Waals surface area contributed by atoms with Crippen LogP contribution in [0.25, 0.3) is 6.08 Å². The van der Waals surface area contributed by atoms with Gasteiger partial charge in [-0.25, -0.2) is 0 Å². The first-order valence-electron chi connectivity index (χ1n) is 10.7. The molecule has 0 atom stereocenters. The second kappa shape index (κ2) is 10.8. The lowest BCUT2D eigenvalue weighted by atomic mass is 10.1. The van der Waals surface area contributed by atoms with E-state index in [1.165, 1.54) is 16.8 Å². The molecular formula is C24H22BrClN4O3S. The Bertz CT molecular complexity index is 1240. The van der Waals surface area contributed by atoms with Gasteiger partial charge in [-0.05, 0) is 77.3 Å². The zero-order chi connectivity index (χ0) is 24.2. The third-order valence-electron chi connectivity index (χ3n) is 4.93. The smallest absolute Gasteiger partial charge is 0.283 e. The Morgan fingerprint density at radius 1 is 1.24 bits per heavy atom. The van der Waals surface area contributed by atoms with Gasteiger partial charge in [0.2, 0.25) is 5.17 Å². The number of hydrogen-bond donors (Lipinski definition) is 1. The zero-order valence-corrected chi connectivity index (χ0v) is 21.8. The molecule has 0 fully saturated rings. The molecule has 7 nitrogen and oxygen atoms in total. The number of ether oxygens (including phenoxy) is 2. The number of amides is 1. The number of fused-ring (bicyclic) bond motifs is 1. The van der Waals surface area contributed by atoms with Crippen LogP contribution in [0.4, 0.5) is 0 Å². The van der Waals surface area contributed by atoms with Gasteiger partial charge < -0.3 is 9.47 Å². The predicted octanol–water partition coefficient (Wildman–Crippen LogP) is 6.50. The Morgan fingerprint density at radius 2 is 2.03 bits per heavy atom. The number of amidine groups is 2. The largest absolute Gasteiger partial charge is 0.490 e. The van der Waals surface area contributed by atoms with Crippen molar-refractivity contribution in [2.75, 3.05) is 6.61 Å². The van der Waals surface area contributed by atoms with Crippen molar-refractivity contribution >= 4 is 67.3 Å². The molecule has 0 saturated heterocycles. The number of rotatable bonds is 8. The minimum atomic E-state index is -0.468. The van der Waals surface area contributed by atoms with E-state index in [0.29, 0.717) is 38.3 Å². The van der Waals surface area contributed by atoms with E-state index >= 15 is 0 Å². The fraction of sp³-hybridized carbons (Fsp3) is 0.250. The number of carbonyl (C=O) groups is 1. The van der Waals surface area contributed by atoms with Gasteiger partial charge in [0.05, 0.1) is 16.7 Å². The topological polar surface area (TPSA) is 87.3 Å². The quantitative estimate of drug-likeness (QED) is 0.372. The Morgan fingerprint density at radius 3 is 2.76 bits per heavy atom.